The van der Waals surface area contributed by atoms with Crippen molar-refractivity contribution in [3.8, 4) is 5.75 Å². The van der Waals surface area contributed by atoms with E-state index in [2.05, 4.69) is 19.8 Å². The lowest BCUT2D eigenvalue weighted by Crippen LogP contribution is -2.47. The van der Waals surface area contributed by atoms with Crippen LogP contribution in [-0.4, -0.2) is 93.9 Å². The van der Waals surface area contributed by atoms with Crippen molar-refractivity contribution in [2.45, 2.75) is 0 Å². The molecule has 2 aromatic rings. The van der Waals surface area contributed by atoms with Gasteiger partial charge in [-0.2, -0.15) is 14.4 Å². The highest BCUT2D eigenvalue weighted by Gasteiger charge is 2.28. The number of ether oxygens (including phenoxy) is 2. The van der Waals surface area contributed by atoms with E-state index in [-0.39, 0.29) is 11.6 Å². The molecular weight excluding hydrogens is 415 g/mol. The monoisotopic (exact) mass is 444 g/mol. The second kappa shape index (κ2) is 9.33. The Bertz CT molecular complexity index is 871. The maximum absolute atomic E-state index is 15.6. The van der Waals surface area contributed by atoms with Crippen LogP contribution < -0.4 is 19.6 Å². The molecule has 1 aromatic carbocycles. The van der Waals surface area contributed by atoms with Crippen LogP contribution >= 0.6 is 0 Å². The molecule has 0 spiro atoms. The molecule has 0 aliphatic carbocycles. The van der Waals surface area contributed by atoms with E-state index in [0.717, 1.165) is 31.9 Å². The Morgan fingerprint density at radius 1 is 0.656 bits per heavy atom. The topological polar surface area (TPSA) is 77.4 Å². The lowest BCUT2D eigenvalue weighted by molar-refractivity contribution is 0.121. The number of rotatable bonds is 4. The summed E-state index contributed by atoms with van der Waals surface area (Å²) in [4.78, 5) is 17.7. The number of benzene rings is 1. The van der Waals surface area contributed by atoms with Crippen molar-refractivity contribution in [1.82, 2.24) is 9.97 Å². The highest BCUT2D eigenvalue weighted by atomic mass is 19.1. The van der Waals surface area contributed by atoms with Crippen molar-refractivity contribution < 1.29 is 19.0 Å². The smallest absolute Gasteiger partial charge is 0.229 e. The van der Waals surface area contributed by atoms with Gasteiger partial charge in [0, 0.05) is 58.0 Å². The molecule has 172 valence electrons. The van der Waals surface area contributed by atoms with Crippen LogP contribution in [0.5, 0.6) is 5.75 Å². The third kappa shape index (κ3) is 4.37. The molecular formula is C22H29FN6O3. The number of anilines is 4. The van der Waals surface area contributed by atoms with Gasteiger partial charge in [0.1, 0.15) is 5.75 Å². The molecule has 3 aliphatic heterocycles. The normalized spacial score (nSPS) is 20.0. The molecule has 5 rings (SSSR count). The minimum Gasteiger partial charge on any atom is -0.508 e. The predicted molar refractivity (Wildman–Crippen MR) is 121 cm³/mol. The Labute approximate surface area is 187 Å². The van der Waals surface area contributed by atoms with E-state index < -0.39 is 0 Å². The van der Waals surface area contributed by atoms with Crippen LogP contribution in [-0.2, 0) is 9.47 Å². The predicted octanol–water partition coefficient (Wildman–Crippen LogP) is 1.32. The van der Waals surface area contributed by atoms with Crippen molar-refractivity contribution in [2.75, 3.05) is 98.4 Å². The highest BCUT2D eigenvalue weighted by molar-refractivity contribution is 5.58. The van der Waals surface area contributed by atoms with E-state index >= 15 is 4.39 Å². The maximum atomic E-state index is 15.6. The Kier molecular flexibility index (Phi) is 6.13. The molecule has 10 heteroatoms. The molecule has 9 nitrogen and oxygen atoms in total. The molecule has 0 unspecified atom stereocenters. The maximum Gasteiger partial charge on any atom is 0.229 e. The zero-order valence-corrected chi connectivity index (χ0v) is 18.1. The zero-order chi connectivity index (χ0) is 21.9. The molecule has 0 bridgehead atoms. The standard InChI is InChI=1S/C22H29FN6O3/c23-19-20(27-9-13-31-14-10-27)24-22(25-21(19)28-11-15-32-16-12-28)29-7-5-26(6-8-29)17-1-3-18(30)4-2-17/h1-4,30H,5-16H2. The van der Waals surface area contributed by atoms with Crippen LogP contribution in [0.4, 0.5) is 27.7 Å². The van der Waals surface area contributed by atoms with Gasteiger partial charge in [-0.15, -0.1) is 0 Å². The molecule has 3 aliphatic rings. The molecule has 0 radical (unpaired) electrons. The summed E-state index contributed by atoms with van der Waals surface area (Å²) in [5.41, 5.74) is 1.07. The molecule has 4 heterocycles. The quantitative estimate of drug-likeness (QED) is 0.751. The molecule has 1 aromatic heterocycles. The average molecular weight is 445 g/mol. The number of halogens is 1. The van der Waals surface area contributed by atoms with Crippen molar-refractivity contribution in [3.63, 3.8) is 0 Å². The fourth-order valence-electron chi connectivity index (χ4n) is 4.35. The summed E-state index contributed by atoms with van der Waals surface area (Å²) in [6.07, 6.45) is 0. The largest absolute Gasteiger partial charge is 0.508 e. The number of piperazine rings is 1. The minimum atomic E-state index is -0.361. The molecule has 0 saturated carbocycles. The number of morpholine rings is 2. The van der Waals surface area contributed by atoms with E-state index in [0.29, 0.717) is 70.2 Å². The van der Waals surface area contributed by atoms with E-state index in [4.69, 9.17) is 9.47 Å². The van der Waals surface area contributed by atoms with Crippen molar-refractivity contribution >= 4 is 23.3 Å². The second-order valence-electron chi connectivity index (χ2n) is 8.17. The number of phenols is 1. The summed E-state index contributed by atoms with van der Waals surface area (Å²) in [6.45, 7) is 7.79. The first-order valence-corrected chi connectivity index (χ1v) is 11.2. The number of hydrogen-bond donors (Lipinski definition) is 1. The Hall–Kier alpha value is -2.85. The number of aromatic hydroxyl groups is 1. The van der Waals surface area contributed by atoms with Crippen LogP contribution in [0, 0.1) is 5.82 Å². The second-order valence-corrected chi connectivity index (χ2v) is 8.17. The van der Waals surface area contributed by atoms with Crippen LogP contribution in [0.3, 0.4) is 0 Å². The zero-order valence-electron chi connectivity index (χ0n) is 18.1. The lowest BCUT2D eigenvalue weighted by atomic mass is 10.2. The van der Waals surface area contributed by atoms with Gasteiger partial charge in [0.2, 0.25) is 11.8 Å². The molecule has 3 saturated heterocycles. The molecule has 3 fully saturated rings. The number of hydrogen-bond acceptors (Lipinski definition) is 9. The van der Waals surface area contributed by atoms with Gasteiger partial charge in [-0.1, -0.05) is 0 Å². The highest BCUT2D eigenvalue weighted by Crippen LogP contribution is 2.30. The van der Waals surface area contributed by atoms with Gasteiger partial charge in [-0.3, -0.25) is 0 Å². The third-order valence-corrected chi connectivity index (χ3v) is 6.20. The first-order valence-electron chi connectivity index (χ1n) is 11.2. The summed E-state index contributed by atoms with van der Waals surface area (Å²) in [5, 5.41) is 9.54. The molecule has 1 N–H and O–H groups in total. The van der Waals surface area contributed by atoms with Gasteiger partial charge in [0.15, 0.2) is 11.6 Å². The fourth-order valence-corrected chi connectivity index (χ4v) is 4.35. The summed E-state index contributed by atoms with van der Waals surface area (Å²) in [7, 11) is 0. The average Bonchev–Trinajstić information content (AvgIpc) is 2.86. The Balaban J connectivity index is 1.39. The molecule has 32 heavy (non-hydrogen) atoms. The van der Waals surface area contributed by atoms with Gasteiger partial charge >= 0.3 is 0 Å². The third-order valence-electron chi connectivity index (χ3n) is 6.20. The van der Waals surface area contributed by atoms with Crippen LogP contribution in [0.1, 0.15) is 0 Å². The van der Waals surface area contributed by atoms with Crippen LogP contribution in [0.15, 0.2) is 24.3 Å². The Morgan fingerprint density at radius 3 is 1.62 bits per heavy atom. The summed E-state index contributed by atoms with van der Waals surface area (Å²) in [6, 6.07) is 7.25. The van der Waals surface area contributed by atoms with E-state index in [1.54, 1.807) is 12.1 Å². The van der Waals surface area contributed by atoms with Gasteiger partial charge in [-0.05, 0) is 24.3 Å². The minimum absolute atomic E-state index is 0.262. The molecule has 0 atom stereocenters. The Morgan fingerprint density at radius 2 is 1.12 bits per heavy atom. The van der Waals surface area contributed by atoms with Crippen molar-refractivity contribution in [1.29, 1.82) is 0 Å². The van der Waals surface area contributed by atoms with Gasteiger partial charge in [-0.25, -0.2) is 0 Å². The number of phenolic OH excluding ortho intramolecular Hbond substituents is 1. The number of aromatic nitrogens is 2. The van der Waals surface area contributed by atoms with Crippen LogP contribution in [0.2, 0.25) is 0 Å². The van der Waals surface area contributed by atoms with Gasteiger partial charge < -0.3 is 34.2 Å². The van der Waals surface area contributed by atoms with E-state index in [1.165, 1.54) is 0 Å². The summed E-state index contributed by atoms with van der Waals surface area (Å²) in [5.74, 6) is 1.19. The SMILES string of the molecule is Oc1ccc(N2CCN(c3nc(N4CCOCC4)c(F)c(N4CCOCC4)n3)CC2)cc1. The number of nitrogens with zero attached hydrogens (tertiary/aromatic N) is 6. The van der Waals surface area contributed by atoms with Gasteiger partial charge in [0.25, 0.3) is 0 Å². The van der Waals surface area contributed by atoms with Crippen LogP contribution in [0.25, 0.3) is 0 Å². The van der Waals surface area contributed by atoms with E-state index in [1.807, 2.05) is 21.9 Å². The van der Waals surface area contributed by atoms with Gasteiger partial charge in [0.05, 0.1) is 26.4 Å². The molecule has 0 amide bonds. The first-order chi connectivity index (χ1) is 15.7. The van der Waals surface area contributed by atoms with Crippen molar-refractivity contribution in [3.05, 3.63) is 30.1 Å². The summed E-state index contributed by atoms with van der Waals surface area (Å²) >= 11 is 0. The fraction of sp³-hybridized carbons (Fsp3) is 0.545. The lowest BCUT2D eigenvalue weighted by Gasteiger charge is -2.37. The van der Waals surface area contributed by atoms with E-state index in [9.17, 15) is 5.11 Å². The summed E-state index contributed by atoms with van der Waals surface area (Å²) < 4.78 is 26.5. The van der Waals surface area contributed by atoms with Crippen molar-refractivity contribution in [2.24, 2.45) is 0 Å². The first kappa shape index (κ1) is 21.0.